The molecule has 11 heteroatoms. The first-order valence-corrected chi connectivity index (χ1v) is 18.9. The molecule has 0 bridgehead atoms. The van der Waals surface area contributed by atoms with Crippen LogP contribution < -0.4 is 9.47 Å². The predicted octanol–water partition coefficient (Wildman–Crippen LogP) is 10.1. The normalized spacial score (nSPS) is 12.8. The molecule has 55 heavy (non-hydrogen) atoms. The fourth-order valence-electron chi connectivity index (χ4n) is 6.28. The van der Waals surface area contributed by atoms with E-state index in [2.05, 4.69) is 55.4 Å². The fourth-order valence-corrected chi connectivity index (χ4v) is 6.28. The van der Waals surface area contributed by atoms with Gasteiger partial charge in [-0.1, -0.05) is 111 Å². The topological polar surface area (TPSA) is 158 Å². The van der Waals surface area contributed by atoms with E-state index in [1.54, 1.807) is 0 Å². The molecule has 0 aliphatic carbocycles. The van der Waals surface area contributed by atoms with E-state index in [1.807, 2.05) is 66.7 Å². The van der Waals surface area contributed by atoms with Gasteiger partial charge in [0.05, 0.1) is 35.2 Å². The molecule has 1 atom stereocenters. The van der Waals surface area contributed by atoms with Gasteiger partial charge in [-0.2, -0.15) is 0 Å². The third kappa shape index (κ3) is 10.3. The first kappa shape index (κ1) is 42.5. The number of unbranched alkanes of at least 4 members (excludes halogenated alkanes) is 2. The number of aromatic hydroxyl groups is 1. The Kier molecular flexibility index (Phi) is 13.8. The third-order valence-corrected chi connectivity index (χ3v) is 9.68. The van der Waals surface area contributed by atoms with Crippen LogP contribution in [-0.4, -0.2) is 45.5 Å². The highest BCUT2D eigenvalue weighted by Gasteiger charge is 2.46. The number of non-ortho nitro benzene ring substituents is 1. The minimum atomic E-state index is -2.00. The van der Waals surface area contributed by atoms with Gasteiger partial charge >= 0.3 is 5.69 Å². The molecule has 294 valence electrons. The van der Waals surface area contributed by atoms with E-state index in [0.717, 1.165) is 48.4 Å². The van der Waals surface area contributed by atoms with E-state index in [4.69, 9.17) is 14.5 Å². The second-order valence-electron chi connectivity index (χ2n) is 16.0. The predicted molar refractivity (Wildman–Crippen MR) is 217 cm³/mol. The van der Waals surface area contributed by atoms with Gasteiger partial charge in [-0.25, -0.2) is 0 Å². The SMILES string of the molecule is CCCCOc1ccc(C(C)(C)C)cc1C(O)(c1cc(C(C)(C)C)ccc1OCCCC)[C@@H](Cc1ccccc1)N=Cc1cc([N+](=O)[O-])cc([N+](=O)[O-])c1O. The molecular formula is C44H55N3O8. The molecule has 0 spiro atoms. The van der Waals surface area contributed by atoms with Gasteiger partial charge in [-0.3, -0.25) is 25.2 Å². The maximum absolute atomic E-state index is 14.0. The molecule has 11 nitrogen and oxygen atoms in total. The van der Waals surface area contributed by atoms with Gasteiger partial charge < -0.3 is 19.7 Å². The number of ether oxygens (including phenoxy) is 2. The van der Waals surface area contributed by atoms with Crippen molar-refractivity contribution < 1.29 is 29.5 Å². The highest BCUT2D eigenvalue weighted by atomic mass is 16.6. The van der Waals surface area contributed by atoms with Crippen molar-refractivity contribution in [2.45, 2.75) is 110 Å². The minimum absolute atomic E-state index is 0.147. The molecule has 0 aliphatic heterocycles. The number of phenolic OH excluding ortho intramolecular Hbond substituents is 1. The number of nitro groups is 2. The molecule has 0 aromatic heterocycles. The molecule has 0 heterocycles. The summed E-state index contributed by atoms with van der Waals surface area (Å²) in [5.41, 5.74) is -0.782. The average molecular weight is 754 g/mol. The van der Waals surface area contributed by atoms with E-state index in [-0.39, 0.29) is 22.8 Å². The maximum atomic E-state index is 14.0. The van der Waals surface area contributed by atoms with Gasteiger partial charge in [0.15, 0.2) is 0 Å². The van der Waals surface area contributed by atoms with Gasteiger partial charge in [-0.05, 0) is 71.0 Å². The average Bonchev–Trinajstić information content (AvgIpc) is 3.13. The Morgan fingerprint density at radius 1 is 0.745 bits per heavy atom. The zero-order valence-corrected chi connectivity index (χ0v) is 33.3. The van der Waals surface area contributed by atoms with Gasteiger partial charge in [0.25, 0.3) is 5.69 Å². The number of benzene rings is 4. The second kappa shape index (κ2) is 17.9. The van der Waals surface area contributed by atoms with Crippen molar-refractivity contribution in [2.24, 2.45) is 4.99 Å². The molecule has 0 saturated heterocycles. The smallest absolute Gasteiger partial charge is 0.318 e. The molecule has 4 aromatic carbocycles. The lowest BCUT2D eigenvalue weighted by Crippen LogP contribution is -2.42. The van der Waals surface area contributed by atoms with Gasteiger partial charge in [0, 0.05) is 29.0 Å². The Labute approximate surface area is 324 Å². The third-order valence-electron chi connectivity index (χ3n) is 9.68. The van der Waals surface area contributed by atoms with E-state index >= 15 is 0 Å². The van der Waals surface area contributed by atoms with E-state index in [0.29, 0.717) is 41.9 Å². The maximum Gasteiger partial charge on any atom is 0.318 e. The number of nitro benzene ring substituents is 2. The molecule has 4 aromatic rings. The Balaban J connectivity index is 2.18. The first-order chi connectivity index (χ1) is 25.9. The summed E-state index contributed by atoms with van der Waals surface area (Å²) in [4.78, 5) is 27.0. The van der Waals surface area contributed by atoms with Crippen molar-refractivity contribution in [3.63, 3.8) is 0 Å². The monoisotopic (exact) mass is 753 g/mol. The molecule has 0 fully saturated rings. The summed E-state index contributed by atoms with van der Waals surface area (Å²) in [6.07, 6.45) is 4.66. The molecule has 0 radical (unpaired) electrons. The summed E-state index contributed by atoms with van der Waals surface area (Å²) in [5.74, 6) is 0.122. The van der Waals surface area contributed by atoms with Crippen LogP contribution in [0.2, 0.25) is 0 Å². The van der Waals surface area contributed by atoms with Crippen LogP contribution in [0, 0.1) is 20.2 Å². The largest absolute Gasteiger partial charge is 0.502 e. The molecule has 4 rings (SSSR count). The Morgan fingerprint density at radius 2 is 1.25 bits per heavy atom. The zero-order chi connectivity index (χ0) is 40.6. The van der Waals surface area contributed by atoms with Crippen molar-refractivity contribution in [1.29, 1.82) is 0 Å². The van der Waals surface area contributed by atoms with Crippen molar-refractivity contribution in [2.75, 3.05) is 13.2 Å². The molecular weight excluding hydrogens is 698 g/mol. The summed E-state index contributed by atoms with van der Waals surface area (Å²) < 4.78 is 12.9. The quantitative estimate of drug-likeness (QED) is 0.0467. The summed E-state index contributed by atoms with van der Waals surface area (Å²) >= 11 is 0. The van der Waals surface area contributed by atoms with Crippen LogP contribution in [0.25, 0.3) is 0 Å². The lowest BCUT2D eigenvalue weighted by Gasteiger charge is -2.39. The van der Waals surface area contributed by atoms with Crippen LogP contribution in [0.15, 0.2) is 83.9 Å². The van der Waals surface area contributed by atoms with Crippen LogP contribution in [-0.2, 0) is 22.9 Å². The number of hydrogen-bond acceptors (Lipinski definition) is 9. The summed E-state index contributed by atoms with van der Waals surface area (Å²) in [5, 5.41) is 48.8. The standard InChI is InChI=1S/C44H55N3O8/c1-9-11-22-54-38-20-18-32(42(3,4)5)26-35(38)44(49,36-27-33(43(6,7)8)19-21-39(36)55-23-12-10-2)40(24-30-16-14-13-15-17-30)45-29-31-25-34(46(50)51)28-37(41(31)48)47(52)53/h13-21,25-29,40,48-49H,9-12,22-24H2,1-8H3/t40-/m1/s1. The van der Waals surface area contributed by atoms with Gasteiger partial charge in [0.2, 0.25) is 5.75 Å². The molecule has 0 aliphatic rings. The first-order valence-electron chi connectivity index (χ1n) is 18.9. The number of nitrogens with zero attached hydrogens (tertiary/aromatic N) is 3. The molecule has 0 unspecified atom stereocenters. The van der Waals surface area contributed by atoms with Crippen LogP contribution in [0.4, 0.5) is 11.4 Å². The zero-order valence-electron chi connectivity index (χ0n) is 33.3. The van der Waals surface area contributed by atoms with Gasteiger partial charge in [0.1, 0.15) is 17.1 Å². The Morgan fingerprint density at radius 3 is 1.69 bits per heavy atom. The lowest BCUT2D eigenvalue weighted by molar-refractivity contribution is -0.394. The van der Waals surface area contributed by atoms with Crippen LogP contribution >= 0.6 is 0 Å². The Bertz CT molecular complexity index is 1910. The number of aliphatic imine (C=N–C) groups is 1. The highest BCUT2D eigenvalue weighted by molar-refractivity contribution is 5.87. The number of phenols is 1. The van der Waals surface area contributed by atoms with Crippen LogP contribution in [0.1, 0.15) is 114 Å². The van der Waals surface area contributed by atoms with Crippen molar-refractivity contribution in [1.82, 2.24) is 0 Å². The number of hydrogen-bond donors (Lipinski definition) is 2. The van der Waals surface area contributed by atoms with Crippen LogP contribution in [0.3, 0.4) is 0 Å². The highest BCUT2D eigenvalue weighted by Crippen LogP contribution is 2.47. The van der Waals surface area contributed by atoms with Crippen molar-refractivity contribution in [3.05, 3.63) is 132 Å². The number of aliphatic hydroxyl groups is 1. The Hall–Kier alpha value is -5.29. The van der Waals surface area contributed by atoms with Crippen molar-refractivity contribution >= 4 is 17.6 Å². The summed E-state index contributed by atoms with van der Waals surface area (Å²) in [6.45, 7) is 17.4. The van der Waals surface area contributed by atoms with E-state index in [1.165, 1.54) is 6.21 Å². The lowest BCUT2D eigenvalue weighted by atomic mass is 9.73. The fraction of sp³-hybridized carbons (Fsp3) is 0.432. The second-order valence-corrected chi connectivity index (χ2v) is 16.0. The van der Waals surface area contributed by atoms with Crippen LogP contribution in [0.5, 0.6) is 17.2 Å². The minimum Gasteiger partial charge on any atom is -0.502 e. The van der Waals surface area contributed by atoms with E-state index < -0.39 is 38.6 Å². The van der Waals surface area contributed by atoms with Gasteiger partial charge in [-0.15, -0.1) is 0 Å². The summed E-state index contributed by atoms with van der Waals surface area (Å²) in [6, 6.07) is 21.7. The summed E-state index contributed by atoms with van der Waals surface area (Å²) in [7, 11) is 0. The van der Waals surface area contributed by atoms with E-state index in [9.17, 15) is 30.4 Å². The molecule has 0 saturated carbocycles. The molecule has 2 N–H and O–H groups in total. The van der Waals surface area contributed by atoms with Crippen molar-refractivity contribution in [3.8, 4) is 17.2 Å². The number of rotatable bonds is 17. The molecule has 0 amide bonds.